The Kier molecular flexibility index (Phi) is 5.12. The molecule has 6 rings (SSSR count). The van der Waals surface area contributed by atoms with Crippen LogP contribution in [-0.2, 0) is 4.57 Å². The Bertz CT molecular complexity index is 1750. The maximum atomic E-state index is 13.7. The lowest BCUT2D eigenvalue weighted by molar-refractivity contribution is 0.590. The van der Waals surface area contributed by atoms with Gasteiger partial charge in [-0.3, -0.25) is 9.55 Å². The fourth-order valence-electron chi connectivity index (χ4n) is 4.78. The van der Waals surface area contributed by atoms with E-state index in [0.29, 0.717) is 5.44 Å². The zero-order chi connectivity index (χ0) is 24.0. The second-order valence-corrected chi connectivity index (χ2v) is 11.7. The van der Waals surface area contributed by atoms with Crippen LogP contribution in [0.25, 0.3) is 38.8 Å². The molecule has 0 N–H and O–H groups in total. The van der Waals surface area contributed by atoms with Crippen molar-refractivity contribution in [3.05, 3.63) is 115 Å². The monoisotopic (exact) mass is 473 g/mol. The van der Waals surface area contributed by atoms with Crippen molar-refractivity contribution in [2.75, 3.05) is 6.66 Å². The molecule has 5 heteroatoms. The summed E-state index contributed by atoms with van der Waals surface area (Å²) in [4.78, 5) is 9.10. The topological polar surface area (TPSA) is 47.8 Å². The number of aromatic nitrogens is 3. The van der Waals surface area contributed by atoms with Gasteiger partial charge in [0.05, 0.1) is 11.0 Å². The van der Waals surface area contributed by atoms with Gasteiger partial charge < -0.3 is 4.57 Å². The van der Waals surface area contributed by atoms with Crippen LogP contribution in [0, 0.1) is 6.92 Å². The van der Waals surface area contributed by atoms with Crippen LogP contribution in [0.15, 0.2) is 109 Å². The average molecular weight is 474 g/mol. The number of hydrogen-bond donors (Lipinski definition) is 0. The molecule has 35 heavy (non-hydrogen) atoms. The molecule has 0 aliphatic rings. The fraction of sp³-hybridized carbons (Fsp3) is 0.0667. The number of benzene rings is 3. The number of rotatable bonds is 4. The van der Waals surface area contributed by atoms with Crippen molar-refractivity contribution < 1.29 is 4.57 Å². The lowest BCUT2D eigenvalue weighted by atomic mass is 10.0. The average Bonchev–Trinajstić information content (AvgIpc) is 3.23. The van der Waals surface area contributed by atoms with Crippen molar-refractivity contribution in [2.24, 2.45) is 0 Å². The SMILES string of the molecule is Cc1cccnc1-n1c2ccccc2c2ccc(-c3cccc(P(C)(=O)c4ccccn4)c3)cc21. The number of para-hydroxylation sites is 1. The van der Waals surface area contributed by atoms with Crippen molar-refractivity contribution >= 4 is 39.7 Å². The first-order valence-electron chi connectivity index (χ1n) is 11.6. The first-order chi connectivity index (χ1) is 17.0. The second kappa shape index (κ2) is 8.33. The first kappa shape index (κ1) is 21.5. The summed E-state index contributed by atoms with van der Waals surface area (Å²) >= 11 is 0. The predicted octanol–water partition coefficient (Wildman–Crippen LogP) is 6.49. The van der Waals surface area contributed by atoms with Gasteiger partial charge in [0.15, 0.2) is 7.14 Å². The molecule has 0 bridgehead atoms. The summed E-state index contributed by atoms with van der Waals surface area (Å²) in [6, 6.07) is 32.6. The van der Waals surface area contributed by atoms with Crippen LogP contribution in [0.4, 0.5) is 0 Å². The molecule has 1 unspecified atom stereocenters. The van der Waals surface area contributed by atoms with E-state index in [0.717, 1.165) is 38.8 Å². The first-order valence-corrected chi connectivity index (χ1v) is 13.7. The maximum Gasteiger partial charge on any atom is 0.157 e. The zero-order valence-electron chi connectivity index (χ0n) is 19.6. The highest BCUT2D eigenvalue weighted by Gasteiger charge is 2.23. The van der Waals surface area contributed by atoms with E-state index in [1.54, 1.807) is 12.9 Å². The highest BCUT2D eigenvalue weighted by atomic mass is 31.2. The lowest BCUT2D eigenvalue weighted by Gasteiger charge is -2.14. The van der Waals surface area contributed by atoms with E-state index >= 15 is 0 Å². The molecule has 4 nitrogen and oxygen atoms in total. The minimum atomic E-state index is -2.81. The van der Waals surface area contributed by atoms with Crippen molar-refractivity contribution in [3.8, 4) is 16.9 Å². The molecule has 3 heterocycles. The largest absolute Gasteiger partial charge is 0.312 e. The number of hydrogen-bond acceptors (Lipinski definition) is 3. The van der Waals surface area contributed by atoms with Gasteiger partial charge in [0, 0.05) is 28.5 Å². The van der Waals surface area contributed by atoms with Crippen molar-refractivity contribution in [2.45, 2.75) is 6.92 Å². The van der Waals surface area contributed by atoms with Gasteiger partial charge >= 0.3 is 0 Å². The van der Waals surface area contributed by atoms with Crippen LogP contribution in [-0.4, -0.2) is 21.2 Å². The summed E-state index contributed by atoms with van der Waals surface area (Å²) in [6.07, 6.45) is 3.54. The second-order valence-electron chi connectivity index (χ2n) is 8.89. The lowest BCUT2D eigenvalue weighted by Crippen LogP contribution is -2.17. The summed E-state index contributed by atoms with van der Waals surface area (Å²) in [5, 5.41) is 3.18. The van der Waals surface area contributed by atoms with Gasteiger partial charge in [-0.1, -0.05) is 60.7 Å². The smallest absolute Gasteiger partial charge is 0.157 e. The Balaban J connectivity index is 1.56. The van der Waals surface area contributed by atoms with Crippen molar-refractivity contribution in [1.29, 1.82) is 0 Å². The molecular weight excluding hydrogens is 449 g/mol. The Hall–Kier alpha value is -4.01. The standard InChI is InChI=1S/C30H24N3OP/c1-21-9-8-18-32-30(21)33-27-13-4-3-12-25(27)26-16-15-23(20-28(26)33)22-10-7-11-24(19-22)35(2,34)29-14-5-6-17-31-29/h3-20H,1-2H3. The molecule has 0 aliphatic carbocycles. The molecular formula is C30H24N3OP. The molecule has 3 aromatic heterocycles. The minimum Gasteiger partial charge on any atom is -0.312 e. The number of fused-ring (bicyclic) bond motifs is 3. The zero-order valence-corrected chi connectivity index (χ0v) is 20.5. The van der Waals surface area contributed by atoms with Gasteiger partial charge in [0.1, 0.15) is 11.3 Å². The van der Waals surface area contributed by atoms with E-state index in [4.69, 9.17) is 4.98 Å². The molecule has 0 saturated carbocycles. The van der Waals surface area contributed by atoms with Gasteiger partial charge in [0.2, 0.25) is 0 Å². The Morgan fingerprint density at radius 1 is 0.686 bits per heavy atom. The molecule has 0 radical (unpaired) electrons. The Morgan fingerprint density at radius 2 is 1.46 bits per heavy atom. The molecule has 0 fully saturated rings. The fourth-order valence-corrected chi connectivity index (χ4v) is 6.46. The Labute approximate surface area is 204 Å². The molecule has 3 aromatic carbocycles. The van der Waals surface area contributed by atoms with E-state index in [9.17, 15) is 4.57 Å². The molecule has 0 spiro atoms. The van der Waals surface area contributed by atoms with Gasteiger partial charge in [-0.05, 0) is 66.7 Å². The normalized spacial score (nSPS) is 13.2. The third-order valence-corrected chi connectivity index (χ3v) is 9.03. The van der Waals surface area contributed by atoms with Crippen LogP contribution >= 0.6 is 7.14 Å². The van der Waals surface area contributed by atoms with E-state index in [-0.39, 0.29) is 0 Å². The third kappa shape index (κ3) is 3.58. The van der Waals surface area contributed by atoms with Gasteiger partial charge in [-0.25, -0.2) is 4.98 Å². The van der Waals surface area contributed by atoms with Gasteiger partial charge in [-0.15, -0.1) is 0 Å². The van der Waals surface area contributed by atoms with Crippen LogP contribution in [0.5, 0.6) is 0 Å². The van der Waals surface area contributed by atoms with E-state index in [2.05, 4.69) is 71.1 Å². The molecule has 0 aliphatic heterocycles. The summed E-state index contributed by atoms with van der Waals surface area (Å²) in [5.41, 5.74) is 6.06. The summed E-state index contributed by atoms with van der Waals surface area (Å²) in [5.74, 6) is 0.929. The van der Waals surface area contributed by atoms with Crippen LogP contribution < -0.4 is 10.7 Å². The predicted molar refractivity (Wildman–Crippen MR) is 146 cm³/mol. The van der Waals surface area contributed by atoms with Crippen molar-refractivity contribution in [3.63, 3.8) is 0 Å². The number of pyridine rings is 2. The van der Waals surface area contributed by atoms with Gasteiger partial charge in [-0.2, -0.15) is 0 Å². The van der Waals surface area contributed by atoms with Crippen LogP contribution in [0.1, 0.15) is 5.56 Å². The van der Waals surface area contributed by atoms with Crippen LogP contribution in [0.3, 0.4) is 0 Å². The summed E-state index contributed by atoms with van der Waals surface area (Å²) in [7, 11) is -2.81. The van der Waals surface area contributed by atoms with E-state index in [1.165, 1.54) is 10.8 Å². The Morgan fingerprint density at radius 3 is 2.29 bits per heavy atom. The molecule has 170 valence electrons. The number of aryl methyl sites for hydroxylation is 1. The van der Waals surface area contributed by atoms with Crippen molar-refractivity contribution in [1.82, 2.24) is 14.5 Å². The number of nitrogens with zero attached hydrogens (tertiary/aromatic N) is 3. The van der Waals surface area contributed by atoms with Crippen LogP contribution in [0.2, 0.25) is 0 Å². The molecule has 0 amide bonds. The highest BCUT2D eigenvalue weighted by molar-refractivity contribution is 7.77. The summed E-state index contributed by atoms with van der Waals surface area (Å²) in [6.45, 7) is 3.88. The molecule has 1 atom stereocenters. The summed E-state index contributed by atoms with van der Waals surface area (Å²) < 4.78 is 16.0. The quantitative estimate of drug-likeness (QED) is 0.275. The van der Waals surface area contributed by atoms with E-state index < -0.39 is 7.14 Å². The highest BCUT2D eigenvalue weighted by Crippen LogP contribution is 2.39. The minimum absolute atomic E-state index is 0.623. The molecule has 6 aromatic rings. The van der Waals surface area contributed by atoms with Gasteiger partial charge in [0.25, 0.3) is 0 Å². The van der Waals surface area contributed by atoms with E-state index in [1.807, 2.05) is 48.7 Å². The third-order valence-electron chi connectivity index (χ3n) is 6.63. The molecule has 0 saturated heterocycles. The maximum absolute atomic E-state index is 13.7.